The van der Waals surface area contributed by atoms with Gasteiger partial charge in [0.15, 0.2) is 0 Å². The average molecular weight is 180 g/mol. The van der Waals surface area contributed by atoms with Gasteiger partial charge in [-0.2, -0.15) is 0 Å². The number of hydrogen-bond donors (Lipinski definition) is 0. The van der Waals surface area contributed by atoms with Gasteiger partial charge in [0.25, 0.3) is 0 Å². The third-order valence-electron chi connectivity index (χ3n) is 3.94. The van der Waals surface area contributed by atoms with Crippen LogP contribution in [-0.2, 0) is 9.59 Å². The largest absolute Gasteiger partial charge is 0.303 e. The highest BCUT2D eigenvalue weighted by molar-refractivity contribution is 5.86. The third kappa shape index (κ3) is 1.23. The van der Waals surface area contributed by atoms with Crippen molar-refractivity contribution in [2.75, 3.05) is 0 Å². The second kappa shape index (κ2) is 2.93. The van der Waals surface area contributed by atoms with Gasteiger partial charge in [0.05, 0.1) is 0 Å². The Balaban J connectivity index is 2.02. The summed E-state index contributed by atoms with van der Waals surface area (Å²) in [7, 11) is 0. The van der Waals surface area contributed by atoms with E-state index in [0.29, 0.717) is 24.0 Å². The average Bonchev–Trinajstić information content (AvgIpc) is 2.72. The fourth-order valence-corrected chi connectivity index (χ4v) is 3.11. The molecule has 0 aromatic rings. The monoisotopic (exact) mass is 180 g/mol. The van der Waals surface area contributed by atoms with Gasteiger partial charge < -0.3 is 4.79 Å². The summed E-state index contributed by atoms with van der Waals surface area (Å²) in [6, 6.07) is 0. The minimum absolute atomic E-state index is 0.189. The van der Waals surface area contributed by atoms with Gasteiger partial charge in [0.2, 0.25) is 0 Å². The molecule has 0 radical (unpaired) electrons. The first kappa shape index (κ1) is 8.92. The number of fused-ring (bicyclic) bond motifs is 1. The van der Waals surface area contributed by atoms with Crippen molar-refractivity contribution in [1.29, 1.82) is 0 Å². The Morgan fingerprint density at radius 1 is 1.62 bits per heavy atom. The molecule has 0 spiro atoms. The summed E-state index contributed by atoms with van der Waals surface area (Å²) >= 11 is 0. The Kier molecular flexibility index (Phi) is 2.01. The molecular weight excluding hydrogens is 164 g/mol. The molecule has 0 aromatic carbocycles. The molecule has 2 aliphatic carbocycles. The van der Waals surface area contributed by atoms with Crippen molar-refractivity contribution in [2.24, 2.45) is 17.3 Å². The number of ketones is 1. The lowest BCUT2D eigenvalue weighted by atomic mass is 9.97. The molecule has 0 N–H and O–H groups in total. The van der Waals surface area contributed by atoms with Crippen molar-refractivity contribution in [1.82, 2.24) is 0 Å². The Morgan fingerprint density at radius 2 is 2.38 bits per heavy atom. The summed E-state index contributed by atoms with van der Waals surface area (Å²) < 4.78 is 0. The van der Waals surface area contributed by atoms with Gasteiger partial charge in [-0.05, 0) is 30.6 Å². The second-order valence-electron chi connectivity index (χ2n) is 4.65. The number of rotatable bonds is 3. The van der Waals surface area contributed by atoms with E-state index in [1.54, 1.807) is 0 Å². The van der Waals surface area contributed by atoms with Crippen LogP contribution in [0.4, 0.5) is 0 Å². The first-order valence-electron chi connectivity index (χ1n) is 5.16. The van der Waals surface area contributed by atoms with E-state index in [4.69, 9.17) is 0 Å². The maximum Gasteiger partial charge on any atom is 0.136 e. The molecule has 0 aromatic heterocycles. The standard InChI is InChI=1S/C11H16O2/c1-11(6-3-7-12)8-4-2-5-9(13)10(8)11/h7-8,10H,2-6H2,1H3/t8-,10-,11+/m0/s1. The molecule has 2 aliphatic rings. The Labute approximate surface area is 78.7 Å². The normalized spacial score (nSPS) is 42.7. The zero-order valence-corrected chi connectivity index (χ0v) is 8.08. The van der Waals surface area contributed by atoms with Crippen LogP contribution in [0.25, 0.3) is 0 Å². The summed E-state index contributed by atoms with van der Waals surface area (Å²) in [4.78, 5) is 21.8. The third-order valence-corrected chi connectivity index (χ3v) is 3.94. The van der Waals surface area contributed by atoms with Crippen LogP contribution >= 0.6 is 0 Å². The molecule has 0 heterocycles. The Morgan fingerprint density at radius 3 is 3.00 bits per heavy atom. The number of hydrogen-bond acceptors (Lipinski definition) is 2. The summed E-state index contributed by atoms with van der Waals surface area (Å²) in [5.74, 6) is 1.36. The molecule has 2 saturated carbocycles. The summed E-state index contributed by atoms with van der Waals surface area (Å²) in [6.07, 6.45) is 5.55. The summed E-state index contributed by atoms with van der Waals surface area (Å²) in [6.45, 7) is 2.18. The van der Waals surface area contributed by atoms with Gasteiger partial charge in [0.1, 0.15) is 12.1 Å². The molecule has 72 valence electrons. The lowest BCUT2D eigenvalue weighted by Gasteiger charge is -2.06. The molecule has 2 rings (SSSR count). The fourth-order valence-electron chi connectivity index (χ4n) is 3.11. The maximum absolute atomic E-state index is 11.5. The van der Waals surface area contributed by atoms with Gasteiger partial charge >= 0.3 is 0 Å². The minimum atomic E-state index is 0.189. The van der Waals surface area contributed by atoms with Gasteiger partial charge in [0, 0.05) is 18.8 Å². The summed E-state index contributed by atoms with van der Waals surface area (Å²) in [5.41, 5.74) is 0.189. The topological polar surface area (TPSA) is 34.1 Å². The van der Waals surface area contributed by atoms with E-state index in [0.717, 1.165) is 25.5 Å². The highest BCUT2D eigenvalue weighted by atomic mass is 16.1. The van der Waals surface area contributed by atoms with Crippen LogP contribution in [0.15, 0.2) is 0 Å². The van der Waals surface area contributed by atoms with Crippen LogP contribution < -0.4 is 0 Å². The van der Waals surface area contributed by atoms with Gasteiger partial charge in [-0.3, -0.25) is 4.79 Å². The van der Waals surface area contributed by atoms with Gasteiger partial charge in [-0.1, -0.05) is 6.92 Å². The van der Waals surface area contributed by atoms with Crippen molar-refractivity contribution < 1.29 is 9.59 Å². The second-order valence-corrected chi connectivity index (χ2v) is 4.65. The number of carbonyl (C=O) groups is 2. The molecule has 2 heteroatoms. The van der Waals surface area contributed by atoms with E-state index >= 15 is 0 Å². The van der Waals surface area contributed by atoms with Crippen LogP contribution in [0.3, 0.4) is 0 Å². The highest BCUT2D eigenvalue weighted by Crippen LogP contribution is 2.65. The van der Waals surface area contributed by atoms with E-state index < -0.39 is 0 Å². The molecule has 0 aliphatic heterocycles. The smallest absolute Gasteiger partial charge is 0.136 e. The predicted molar refractivity (Wildman–Crippen MR) is 49.2 cm³/mol. The first-order chi connectivity index (χ1) is 6.20. The minimum Gasteiger partial charge on any atom is -0.303 e. The van der Waals surface area contributed by atoms with Crippen molar-refractivity contribution >= 4 is 12.1 Å². The molecular formula is C11H16O2. The van der Waals surface area contributed by atoms with Crippen LogP contribution in [-0.4, -0.2) is 12.1 Å². The predicted octanol–water partition coefficient (Wildman–Crippen LogP) is 1.97. The first-order valence-corrected chi connectivity index (χ1v) is 5.16. The zero-order valence-electron chi connectivity index (χ0n) is 8.08. The number of carbonyl (C=O) groups excluding carboxylic acids is 2. The van der Waals surface area contributed by atoms with E-state index in [1.165, 1.54) is 6.42 Å². The summed E-state index contributed by atoms with van der Waals surface area (Å²) in [5, 5.41) is 0. The quantitative estimate of drug-likeness (QED) is 0.622. The molecule has 13 heavy (non-hydrogen) atoms. The molecule has 3 atom stereocenters. The molecule has 0 amide bonds. The van der Waals surface area contributed by atoms with Crippen molar-refractivity contribution in [3.8, 4) is 0 Å². The number of aldehydes is 1. The maximum atomic E-state index is 11.5. The molecule has 2 fully saturated rings. The van der Waals surface area contributed by atoms with E-state index in [9.17, 15) is 9.59 Å². The Bertz CT molecular complexity index is 246. The van der Waals surface area contributed by atoms with E-state index in [1.807, 2.05) is 0 Å². The van der Waals surface area contributed by atoms with E-state index in [2.05, 4.69) is 6.92 Å². The van der Waals surface area contributed by atoms with Crippen LogP contribution in [0.5, 0.6) is 0 Å². The molecule has 0 saturated heterocycles. The van der Waals surface area contributed by atoms with Crippen LogP contribution in [0.2, 0.25) is 0 Å². The van der Waals surface area contributed by atoms with Gasteiger partial charge in [-0.15, -0.1) is 0 Å². The lowest BCUT2D eigenvalue weighted by molar-refractivity contribution is -0.122. The van der Waals surface area contributed by atoms with Crippen LogP contribution in [0, 0.1) is 17.3 Å². The van der Waals surface area contributed by atoms with Crippen molar-refractivity contribution in [3.05, 3.63) is 0 Å². The molecule has 2 nitrogen and oxygen atoms in total. The van der Waals surface area contributed by atoms with Crippen LogP contribution in [0.1, 0.15) is 39.0 Å². The Hall–Kier alpha value is -0.660. The fraction of sp³-hybridized carbons (Fsp3) is 0.818. The van der Waals surface area contributed by atoms with Gasteiger partial charge in [-0.25, -0.2) is 0 Å². The van der Waals surface area contributed by atoms with E-state index in [-0.39, 0.29) is 5.41 Å². The zero-order chi connectivity index (χ0) is 9.47. The number of Topliss-reactive ketones (excluding diaryl/α,β-unsaturated/α-hetero) is 1. The molecule has 0 bridgehead atoms. The highest BCUT2D eigenvalue weighted by Gasteiger charge is 2.63. The van der Waals surface area contributed by atoms with Crippen molar-refractivity contribution in [3.63, 3.8) is 0 Å². The lowest BCUT2D eigenvalue weighted by Crippen LogP contribution is -2.09. The van der Waals surface area contributed by atoms with Crippen molar-refractivity contribution in [2.45, 2.75) is 39.0 Å². The SMILES string of the molecule is C[C@]1(CCC=O)[C@@H]2C(=O)CCC[C@@H]21. The molecule has 0 unspecified atom stereocenters.